The van der Waals surface area contributed by atoms with Crippen LogP contribution in [0.5, 0.6) is 0 Å². The van der Waals surface area contributed by atoms with Crippen molar-refractivity contribution >= 4 is 11.3 Å². The Morgan fingerprint density at radius 1 is 1.17 bits per heavy atom. The minimum atomic E-state index is -0.803. The van der Waals surface area contributed by atoms with Crippen LogP contribution in [-0.4, -0.2) is 6.04 Å². The Kier molecular flexibility index (Phi) is 4.09. The van der Waals surface area contributed by atoms with Gasteiger partial charge in [0.25, 0.3) is 0 Å². The zero-order valence-corrected chi connectivity index (χ0v) is 11.2. The number of benzene rings is 1. The van der Waals surface area contributed by atoms with Crippen molar-refractivity contribution in [1.29, 1.82) is 0 Å². The van der Waals surface area contributed by atoms with Gasteiger partial charge < -0.3 is 5.32 Å². The molecule has 4 heteroatoms. The lowest BCUT2D eigenvalue weighted by Gasteiger charge is -2.05. The Balaban J connectivity index is 2.21. The van der Waals surface area contributed by atoms with Crippen LogP contribution < -0.4 is 5.32 Å². The number of hydrogen-bond donors (Lipinski definition) is 1. The molecule has 0 bridgehead atoms. The normalized spacial score (nSPS) is 11.2. The van der Waals surface area contributed by atoms with Crippen molar-refractivity contribution in [3.8, 4) is 10.4 Å². The molecular formula is C14H15F2NS. The monoisotopic (exact) mass is 267 g/mol. The molecule has 2 aromatic rings. The molecule has 0 spiro atoms. The van der Waals surface area contributed by atoms with E-state index in [4.69, 9.17) is 0 Å². The molecule has 0 atom stereocenters. The van der Waals surface area contributed by atoms with Gasteiger partial charge in [-0.15, -0.1) is 11.3 Å². The second-order valence-corrected chi connectivity index (χ2v) is 5.57. The highest BCUT2D eigenvalue weighted by atomic mass is 32.1. The first-order chi connectivity index (χ1) is 8.58. The third-order valence-corrected chi connectivity index (χ3v) is 3.68. The van der Waals surface area contributed by atoms with Gasteiger partial charge in [0.05, 0.1) is 0 Å². The van der Waals surface area contributed by atoms with Crippen LogP contribution in [0.15, 0.2) is 30.3 Å². The largest absolute Gasteiger partial charge is 0.310 e. The van der Waals surface area contributed by atoms with Gasteiger partial charge in [0.2, 0.25) is 0 Å². The molecule has 0 amide bonds. The van der Waals surface area contributed by atoms with Gasteiger partial charge >= 0.3 is 0 Å². The van der Waals surface area contributed by atoms with Gasteiger partial charge in [0.1, 0.15) is 0 Å². The molecule has 1 N–H and O–H groups in total. The fourth-order valence-electron chi connectivity index (χ4n) is 1.62. The van der Waals surface area contributed by atoms with Gasteiger partial charge in [-0.25, -0.2) is 8.78 Å². The highest BCUT2D eigenvalue weighted by molar-refractivity contribution is 7.15. The first kappa shape index (κ1) is 13.2. The molecule has 1 heterocycles. The third-order valence-electron chi connectivity index (χ3n) is 2.56. The van der Waals surface area contributed by atoms with Gasteiger partial charge in [-0.05, 0) is 18.2 Å². The van der Waals surface area contributed by atoms with Crippen molar-refractivity contribution in [2.75, 3.05) is 0 Å². The smallest absolute Gasteiger partial charge is 0.167 e. The molecule has 0 radical (unpaired) electrons. The Morgan fingerprint density at radius 3 is 2.67 bits per heavy atom. The molecule has 1 aromatic heterocycles. The second-order valence-electron chi connectivity index (χ2n) is 4.40. The fraction of sp³-hybridized carbons (Fsp3) is 0.286. The first-order valence-corrected chi connectivity index (χ1v) is 6.66. The van der Waals surface area contributed by atoms with Crippen LogP contribution in [0, 0.1) is 11.6 Å². The molecule has 18 heavy (non-hydrogen) atoms. The zero-order chi connectivity index (χ0) is 13.1. The summed E-state index contributed by atoms with van der Waals surface area (Å²) in [5.41, 5.74) is 0.329. The number of halogens is 2. The van der Waals surface area contributed by atoms with E-state index < -0.39 is 11.6 Å². The highest BCUT2D eigenvalue weighted by Gasteiger charge is 2.11. The molecule has 1 nitrogen and oxygen atoms in total. The van der Waals surface area contributed by atoms with E-state index in [-0.39, 0.29) is 0 Å². The molecule has 0 aliphatic rings. The van der Waals surface area contributed by atoms with Crippen LogP contribution in [0.25, 0.3) is 10.4 Å². The van der Waals surface area contributed by atoms with E-state index in [1.165, 1.54) is 17.4 Å². The highest BCUT2D eigenvalue weighted by Crippen LogP contribution is 2.30. The van der Waals surface area contributed by atoms with Crippen molar-refractivity contribution in [2.45, 2.75) is 26.4 Å². The number of thiophene rings is 1. The lowest BCUT2D eigenvalue weighted by atomic mass is 10.2. The van der Waals surface area contributed by atoms with Gasteiger partial charge in [-0.3, -0.25) is 0 Å². The Morgan fingerprint density at radius 2 is 1.94 bits per heavy atom. The van der Waals surface area contributed by atoms with Crippen LogP contribution in [0.4, 0.5) is 8.78 Å². The molecule has 2 rings (SSSR count). The standard InChI is InChI=1S/C14H15F2NS/c1-9(2)17-8-10-6-7-13(18-10)11-4-3-5-12(15)14(11)16/h3-7,9,17H,8H2,1-2H3. The molecule has 0 unspecified atom stereocenters. The Labute approximate surface area is 109 Å². The SMILES string of the molecule is CC(C)NCc1ccc(-c2cccc(F)c2F)s1. The predicted octanol–water partition coefficient (Wildman–Crippen LogP) is 4.19. The van der Waals surface area contributed by atoms with E-state index in [1.54, 1.807) is 6.07 Å². The molecule has 0 aliphatic heterocycles. The minimum Gasteiger partial charge on any atom is -0.310 e. The summed E-state index contributed by atoms with van der Waals surface area (Å²) in [4.78, 5) is 1.87. The molecule has 1 aromatic carbocycles. The summed E-state index contributed by atoms with van der Waals surface area (Å²) in [6.45, 7) is 4.89. The Hall–Kier alpha value is -1.26. The zero-order valence-electron chi connectivity index (χ0n) is 10.3. The fourth-order valence-corrected chi connectivity index (χ4v) is 2.59. The summed E-state index contributed by atoms with van der Waals surface area (Å²) < 4.78 is 26.8. The van der Waals surface area contributed by atoms with E-state index in [2.05, 4.69) is 19.2 Å². The number of hydrogen-bond acceptors (Lipinski definition) is 2. The second kappa shape index (κ2) is 5.59. The van der Waals surface area contributed by atoms with Crippen molar-refractivity contribution < 1.29 is 8.78 Å². The summed E-state index contributed by atoms with van der Waals surface area (Å²) in [5, 5.41) is 3.30. The average Bonchev–Trinajstić information content (AvgIpc) is 2.78. The first-order valence-electron chi connectivity index (χ1n) is 5.84. The van der Waals surface area contributed by atoms with Gasteiger partial charge in [0, 0.05) is 27.9 Å². The summed E-state index contributed by atoms with van der Waals surface area (Å²) in [6.07, 6.45) is 0. The molecule has 0 fully saturated rings. The van der Waals surface area contributed by atoms with E-state index in [0.29, 0.717) is 11.6 Å². The lowest BCUT2D eigenvalue weighted by Crippen LogP contribution is -2.21. The van der Waals surface area contributed by atoms with Crippen molar-refractivity contribution in [1.82, 2.24) is 5.32 Å². The van der Waals surface area contributed by atoms with E-state index in [0.717, 1.165) is 22.4 Å². The quantitative estimate of drug-likeness (QED) is 0.875. The van der Waals surface area contributed by atoms with Crippen molar-refractivity contribution in [2.24, 2.45) is 0 Å². The molecule has 0 aliphatic carbocycles. The molecule has 0 saturated heterocycles. The van der Waals surface area contributed by atoms with Crippen LogP contribution in [0.3, 0.4) is 0 Å². The summed E-state index contributed by atoms with van der Waals surface area (Å²) in [7, 11) is 0. The number of rotatable bonds is 4. The van der Waals surface area contributed by atoms with Gasteiger partial charge in [-0.1, -0.05) is 26.0 Å². The average molecular weight is 267 g/mol. The third kappa shape index (κ3) is 2.94. The van der Waals surface area contributed by atoms with Gasteiger partial charge in [-0.2, -0.15) is 0 Å². The predicted molar refractivity (Wildman–Crippen MR) is 71.6 cm³/mol. The summed E-state index contributed by atoms with van der Waals surface area (Å²) in [5.74, 6) is -1.58. The minimum absolute atomic E-state index is 0.329. The Bertz CT molecular complexity index is 534. The van der Waals surface area contributed by atoms with E-state index >= 15 is 0 Å². The summed E-state index contributed by atoms with van der Waals surface area (Å²) in [6, 6.07) is 8.44. The van der Waals surface area contributed by atoms with Crippen LogP contribution >= 0.6 is 11.3 Å². The number of nitrogens with one attached hydrogen (secondary N) is 1. The van der Waals surface area contributed by atoms with E-state index in [9.17, 15) is 8.78 Å². The maximum absolute atomic E-state index is 13.6. The maximum Gasteiger partial charge on any atom is 0.167 e. The van der Waals surface area contributed by atoms with Crippen molar-refractivity contribution in [3.63, 3.8) is 0 Å². The van der Waals surface area contributed by atoms with Crippen LogP contribution in [0.1, 0.15) is 18.7 Å². The van der Waals surface area contributed by atoms with E-state index in [1.807, 2.05) is 12.1 Å². The van der Waals surface area contributed by atoms with Crippen LogP contribution in [-0.2, 0) is 6.54 Å². The summed E-state index contributed by atoms with van der Waals surface area (Å²) >= 11 is 1.48. The van der Waals surface area contributed by atoms with Crippen LogP contribution in [0.2, 0.25) is 0 Å². The molecule has 0 saturated carbocycles. The maximum atomic E-state index is 13.6. The van der Waals surface area contributed by atoms with Crippen molar-refractivity contribution in [3.05, 3.63) is 46.8 Å². The molecular weight excluding hydrogens is 252 g/mol. The topological polar surface area (TPSA) is 12.0 Å². The van der Waals surface area contributed by atoms with Gasteiger partial charge in [0.15, 0.2) is 11.6 Å². The molecule has 96 valence electrons. The lowest BCUT2D eigenvalue weighted by molar-refractivity contribution is 0.511.